The lowest BCUT2D eigenvalue weighted by atomic mass is 10.1. The molecule has 33 heavy (non-hydrogen) atoms. The maximum absolute atomic E-state index is 13.1. The standard InChI is InChI=1S/C24H25N5O3S/c25-22(26)16-5-7-18(8-6-16)29-14-19(32-24(29)31)13-27-9-11-28(12-10-27)23(30)21-20-4-2-1-3-17(20)15-33-21/h1-8,15,19H,9-14H2,(H3,25,26). The number of thiophene rings is 1. The highest BCUT2D eigenvalue weighted by molar-refractivity contribution is 7.13. The number of carbonyl (C=O) groups excluding carboxylic acids is 2. The third-order valence-electron chi connectivity index (χ3n) is 6.19. The van der Waals surface area contributed by atoms with Gasteiger partial charge in [-0.05, 0) is 35.0 Å². The second-order valence-electron chi connectivity index (χ2n) is 8.32. The molecule has 0 radical (unpaired) electrons. The van der Waals surface area contributed by atoms with Crippen LogP contribution in [-0.4, -0.2) is 73.0 Å². The van der Waals surface area contributed by atoms with Gasteiger partial charge < -0.3 is 15.4 Å². The average molecular weight is 464 g/mol. The van der Waals surface area contributed by atoms with Gasteiger partial charge in [-0.3, -0.25) is 20.0 Å². The second-order valence-corrected chi connectivity index (χ2v) is 9.20. The Bertz CT molecular complexity index is 1200. The zero-order chi connectivity index (χ0) is 22.9. The van der Waals surface area contributed by atoms with E-state index in [1.54, 1.807) is 29.2 Å². The molecule has 1 unspecified atom stereocenters. The molecule has 0 spiro atoms. The van der Waals surface area contributed by atoms with Crippen LogP contribution in [0.4, 0.5) is 10.5 Å². The topological polar surface area (TPSA) is 103 Å². The van der Waals surface area contributed by atoms with Gasteiger partial charge in [0.05, 0.1) is 11.4 Å². The number of amidine groups is 1. The smallest absolute Gasteiger partial charge is 0.414 e. The Morgan fingerprint density at radius 2 is 1.82 bits per heavy atom. The van der Waals surface area contributed by atoms with E-state index in [4.69, 9.17) is 15.9 Å². The SMILES string of the molecule is N=C(N)c1ccc(N2CC(CN3CCN(C(=O)c4scc5ccccc45)CC3)OC2=O)cc1. The molecule has 1 atom stereocenters. The first-order chi connectivity index (χ1) is 16.0. The van der Waals surface area contributed by atoms with E-state index >= 15 is 0 Å². The van der Waals surface area contributed by atoms with E-state index in [0.717, 1.165) is 34.4 Å². The number of ether oxygens (including phenoxy) is 1. The summed E-state index contributed by atoms with van der Waals surface area (Å²) in [6, 6.07) is 15.0. The molecule has 0 saturated carbocycles. The number of amides is 2. The van der Waals surface area contributed by atoms with Crippen molar-refractivity contribution in [2.45, 2.75) is 6.10 Å². The summed E-state index contributed by atoms with van der Waals surface area (Å²) in [5.74, 6) is 0.0849. The van der Waals surface area contributed by atoms with Gasteiger partial charge in [0.25, 0.3) is 5.91 Å². The van der Waals surface area contributed by atoms with Gasteiger partial charge in [0, 0.05) is 49.4 Å². The number of nitrogens with zero attached hydrogens (tertiary/aromatic N) is 3. The predicted molar refractivity (Wildman–Crippen MR) is 129 cm³/mol. The number of fused-ring (bicyclic) bond motifs is 1. The molecule has 2 fully saturated rings. The fourth-order valence-corrected chi connectivity index (χ4v) is 5.36. The Balaban J connectivity index is 1.16. The van der Waals surface area contributed by atoms with E-state index in [1.807, 2.05) is 34.5 Å². The number of nitrogens with two attached hydrogens (primary N) is 1. The molecule has 3 N–H and O–H groups in total. The largest absolute Gasteiger partial charge is 0.443 e. The van der Waals surface area contributed by atoms with Crippen molar-refractivity contribution >= 4 is 45.6 Å². The molecule has 3 heterocycles. The summed E-state index contributed by atoms with van der Waals surface area (Å²) >= 11 is 1.51. The highest BCUT2D eigenvalue weighted by Crippen LogP contribution is 2.27. The first-order valence-corrected chi connectivity index (χ1v) is 11.8. The van der Waals surface area contributed by atoms with Gasteiger partial charge in [-0.1, -0.05) is 24.3 Å². The van der Waals surface area contributed by atoms with Crippen molar-refractivity contribution < 1.29 is 14.3 Å². The molecule has 1 aromatic heterocycles. The molecule has 170 valence electrons. The quantitative estimate of drug-likeness (QED) is 0.447. The molecule has 2 saturated heterocycles. The molecule has 3 aromatic rings. The summed E-state index contributed by atoms with van der Waals surface area (Å²) in [7, 11) is 0. The Morgan fingerprint density at radius 1 is 1.09 bits per heavy atom. The number of hydrogen-bond donors (Lipinski definition) is 2. The van der Waals surface area contributed by atoms with Crippen molar-refractivity contribution in [2.24, 2.45) is 5.73 Å². The van der Waals surface area contributed by atoms with E-state index in [1.165, 1.54) is 11.3 Å². The normalized spacial score (nSPS) is 19.2. The molecular formula is C24H25N5O3S. The van der Waals surface area contributed by atoms with Gasteiger partial charge >= 0.3 is 6.09 Å². The van der Waals surface area contributed by atoms with Crippen molar-refractivity contribution in [2.75, 3.05) is 44.2 Å². The van der Waals surface area contributed by atoms with Crippen molar-refractivity contribution in [3.63, 3.8) is 0 Å². The summed E-state index contributed by atoms with van der Waals surface area (Å²) in [6.07, 6.45) is -0.595. The van der Waals surface area contributed by atoms with Crippen LogP contribution in [0.25, 0.3) is 10.8 Å². The third kappa shape index (κ3) is 4.29. The minimum Gasteiger partial charge on any atom is -0.443 e. The lowest BCUT2D eigenvalue weighted by molar-refractivity contribution is 0.0557. The number of anilines is 1. The Hall–Kier alpha value is -3.43. The van der Waals surface area contributed by atoms with Crippen LogP contribution in [0.15, 0.2) is 53.9 Å². The number of nitrogens with one attached hydrogen (secondary N) is 1. The molecule has 8 nitrogen and oxygen atoms in total. The van der Waals surface area contributed by atoms with Crippen LogP contribution in [0, 0.1) is 5.41 Å². The van der Waals surface area contributed by atoms with Gasteiger partial charge in [0.15, 0.2) is 0 Å². The van der Waals surface area contributed by atoms with Crippen molar-refractivity contribution in [1.82, 2.24) is 9.80 Å². The summed E-state index contributed by atoms with van der Waals surface area (Å²) < 4.78 is 5.59. The minimum atomic E-state index is -0.367. The van der Waals surface area contributed by atoms with E-state index in [9.17, 15) is 9.59 Å². The van der Waals surface area contributed by atoms with E-state index in [2.05, 4.69) is 4.90 Å². The highest BCUT2D eigenvalue weighted by atomic mass is 32.1. The number of nitrogen functional groups attached to an aromatic ring is 1. The fourth-order valence-electron chi connectivity index (χ4n) is 4.37. The zero-order valence-corrected chi connectivity index (χ0v) is 18.9. The summed E-state index contributed by atoms with van der Waals surface area (Å²) in [5.41, 5.74) is 6.84. The lowest BCUT2D eigenvalue weighted by Gasteiger charge is -2.35. The summed E-state index contributed by atoms with van der Waals surface area (Å²) in [5, 5.41) is 11.6. The fraction of sp³-hybridized carbons (Fsp3) is 0.292. The maximum atomic E-state index is 13.1. The molecule has 9 heteroatoms. The van der Waals surface area contributed by atoms with Gasteiger partial charge in [-0.25, -0.2) is 4.79 Å². The van der Waals surface area contributed by atoms with Crippen LogP contribution in [0.3, 0.4) is 0 Å². The number of piperazine rings is 1. The van der Waals surface area contributed by atoms with Crippen LogP contribution in [0.5, 0.6) is 0 Å². The molecule has 2 aliphatic heterocycles. The number of cyclic esters (lactones) is 1. The lowest BCUT2D eigenvalue weighted by Crippen LogP contribution is -2.50. The van der Waals surface area contributed by atoms with E-state index < -0.39 is 0 Å². The van der Waals surface area contributed by atoms with Gasteiger partial charge in [0.2, 0.25) is 0 Å². The Morgan fingerprint density at radius 3 is 2.55 bits per heavy atom. The van der Waals surface area contributed by atoms with Crippen molar-refractivity contribution in [3.8, 4) is 0 Å². The zero-order valence-electron chi connectivity index (χ0n) is 18.1. The van der Waals surface area contributed by atoms with Crippen LogP contribution in [0.2, 0.25) is 0 Å². The van der Waals surface area contributed by atoms with Crippen LogP contribution in [0.1, 0.15) is 15.2 Å². The maximum Gasteiger partial charge on any atom is 0.414 e. The molecule has 2 amide bonds. The number of hydrogen-bond acceptors (Lipinski definition) is 6. The van der Waals surface area contributed by atoms with Crippen LogP contribution < -0.4 is 10.6 Å². The first-order valence-electron chi connectivity index (χ1n) is 10.9. The molecule has 2 aliphatic rings. The Kier molecular flexibility index (Phi) is 5.74. The van der Waals surface area contributed by atoms with Crippen LogP contribution in [-0.2, 0) is 4.74 Å². The van der Waals surface area contributed by atoms with Gasteiger partial charge in [-0.2, -0.15) is 0 Å². The summed E-state index contributed by atoms with van der Waals surface area (Å²) in [4.78, 5) is 32.0. The molecular weight excluding hydrogens is 438 g/mol. The monoisotopic (exact) mass is 463 g/mol. The van der Waals surface area contributed by atoms with Gasteiger partial charge in [0.1, 0.15) is 11.9 Å². The van der Waals surface area contributed by atoms with E-state index in [0.29, 0.717) is 31.7 Å². The van der Waals surface area contributed by atoms with Crippen molar-refractivity contribution in [3.05, 3.63) is 64.4 Å². The second kappa shape index (κ2) is 8.84. The number of rotatable bonds is 5. The number of carbonyl (C=O) groups is 2. The molecule has 0 aliphatic carbocycles. The summed E-state index contributed by atoms with van der Waals surface area (Å²) in [6.45, 7) is 3.91. The predicted octanol–water partition coefficient (Wildman–Crippen LogP) is 2.97. The third-order valence-corrected chi connectivity index (χ3v) is 7.19. The first kappa shape index (κ1) is 21.4. The number of benzene rings is 2. The average Bonchev–Trinajstić information content (AvgIpc) is 3.42. The minimum absolute atomic E-state index is 0.00619. The van der Waals surface area contributed by atoms with E-state index in [-0.39, 0.29) is 23.9 Å². The highest BCUT2D eigenvalue weighted by Gasteiger charge is 2.34. The molecule has 5 rings (SSSR count). The van der Waals surface area contributed by atoms with Crippen LogP contribution >= 0.6 is 11.3 Å². The van der Waals surface area contributed by atoms with Crippen molar-refractivity contribution in [1.29, 1.82) is 5.41 Å². The Labute approximate surface area is 195 Å². The van der Waals surface area contributed by atoms with Gasteiger partial charge in [-0.15, -0.1) is 11.3 Å². The molecule has 2 aromatic carbocycles. The molecule has 0 bridgehead atoms.